The second-order valence-corrected chi connectivity index (χ2v) is 3.46. The van der Waals surface area contributed by atoms with Crippen molar-refractivity contribution in [3.8, 4) is 0 Å². The van der Waals surface area contributed by atoms with E-state index in [2.05, 4.69) is 20.3 Å². The largest absolute Gasteiger partial charge is 0.395 e. The van der Waals surface area contributed by atoms with E-state index >= 15 is 0 Å². The van der Waals surface area contributed by atoms with E-state index in [4.69, 9.17) is 5.11 Å². The molecule has 0 spiro atoms. The molecule has 0 saturated heterocycles. The van der Waals surface area contributed by atoms with Crippen LogP contribution in [0.5, 0.6) is 0 Å². The van der Waals surface area contributed by atoms with Crippen LogP contribution in [-0.2, 0) is 0 Å². The minimum absolute atomic E-state index is 0.107. The number of anilines is 1. The molecule has 0 amide bonds. The Labute approximate surface area is 109 Å². The lowest BCUT2D eigenvalue weighted by atomic mass is 10.1. The van der Waals surface area contributed by atoms with Gasteiger partial charge in [-0.2, -0.15) is 0 Å². The summed E-state index contributed by atoms with van der Waals surface area (Å²) in [7, 11) is 0. The standard InChI is InChI=1S/C9H10N4O4.C2H6/c1-5-4-6(10-2-3-14)9(13(15)16)8-7(5)11-17-12-8;1-2/h4,10,14H,2-3H2,1H3;1-2H3. The van der Waals surface area contributed by atoms with Gasteiger partial charge < -0.3 is 10.4 Å². The van der Waals surface area contributed by atoms with Crippen LogP contribution in [0.2, 0.25) is 0 Å². The number of nitrogens with zero attached hydrogens (tertiary/aromatic N) is 3. The second kappa shape index (κ2) is 6.64. The molecule has 0 unspecified atom stereocenters. The maximum Gasteiger partial charge on any atom is 0.323 e. The van der Waals surface area contributed by atoms with Crippen LogP contribution in [0.25, 0.3) is 11.0 Å². The Morgan fingerprint density at radius 1 is 1.42 bits per heavy atom. The van der Waals surface area contributed by atoms with Crippen LogP contribution in [0.4, 0.5) is 11.4 Å². The van der Waals surface area contributed by atoms with E-state index in [-0.39, 0.29) is 24.4 Å². The first kappa shape index (κ1) is 14.8. The van der Waals surface area contributed by atoms with Crippen molar-refractivity contribution in [1.29, 1.82) is 0 Å². The third-order valence-corrected chi connectivity index (χ3v) is 2.31. The van der Waals surface area contributed by atoms with Crippen molar-refractivity contribution in [3.05, 3.63) is 21.7 Å². The van der Waals surface area contributed by atoms with Crippen molar-refractivity contribution in [2.45, 2.75) is 20.8 Å². The Balaban J connectivity index is 0.000000861. The molecule has 0 aliphatic rings. The molecular weight excluding hydrogens is 252 g/mol. The summed E-state index contributed by atoms with van der Waals surface area (Å²) in [6, 6.07) is 1.58. The Hall–Kier alpha value is -2.22. The fraction of sp³-hybridized carbons (Fsp3) is 0.455. The zero-order valence-electron chi connectivity index (χ0n) is 11.0. The predicted molar refractivity (Wildman–Crippen MR) is 70.1 cm³/mol. The number of aromatic nitrogens is 2. The lowest BCUT2D eigenvalue weighted by Crippen LogP contribution is -2.08. The Kier molecular flexibility index (Phi) is 5.19. The molecule has 2 N–H and O–H groups in total. The molecule has 8 heteroatoms. The fourth-order valence-electron chi connectivity index (χ4n) is 1.59. The lowest BCUT2D eigenvalue weighted by Gasteiger charge is -2.06. The summed E-state index contributed by atoms with van der Waals surface area (Å²) in [5.74, 6) is 0. The van der Waals surface area contributed by atoms with Crippen LogP contribution in [0.3, 0.4) is 0 Å². The molecule has 104 valence electrons. The molecule has 1 aromatic carbocycles. The van der Waals surface area contributed by atoms with Crippen LogP contribution in [0.15, 0.2) is 10.7 Å². The van der Waals surface area contributed by atoms with E-state index in [1.165, 1.54) is 0 Å². The Morgan fingerprint density at radius 2 is 2.05 bits per heavy atom. The highest BCUT2D eigenvalue weighted by Crippen LogP contribution is 2.33. The number of nitrogens with one attached hydrogen (secondary N) is 1. The van der Waals surface area contributed by atoms with Crippen molar-refractivity contribution in [2.24, 2.45) is 0 Å². The smallest absolute Gasteiger partial charge is 0.323 e. The van der Waals surface area contributed by atoms with Gasteiger partial charge in [-0.25, -0.2) is 4.63 Å². The van der Waals surface area contributed by atoms with Crippen molar-refractivity contribution >= 4 is 22.4 Å². The van der Waals surface area contributed by atoms with Gasteiger partial charge in [0.25, 0.3) is 0 Å². The van der Waals surface area contributed by atoms with E-state index < -0.39 is 4.92 Å². The van der Waals surface area contributed by atoms with Gasteiger partial charge in [-0.1, -0.05) is 13.8 Å². The number of hydrogen-bond donors (Lipinski definition) is 2. The zero-order valence-corrected chi connectivity index (χ0v) is 11.0. The second-order valence-electron chi connectivity index (χ2n) is 3.46. The van der Waals surface area contributed by atoms with Crippen LogP contribution >= 0.6 is 0 Å². The third-order valence-electron chi connectivity index (χ3n) is 2.31. The summed E-state index contributed by atoms with van der Waals surface area (Å²) in [4.78, 5) is 10.5. The van der Waals surface area contributed by atoms with Gasteiger partial charge in [0.15, 0.2) is 0 Å². The van der Waals surface area contributed by atoms with Gasteiger partial charge in [-0.15, -0.1) is 0 Å². The summed E-state index contributed by atoms with van der Waals surface area (Å²) in [6.45, 7) is 5.85. The number of benzene rings is 1. The first-order chi connectivity index (χ1) is 9.15. The normalized spacial score (nSPS) is 9.89. The van der Waals surface area contributed by atoms with Crippen molar-refractivity contribution < 1.29 is 14.7 Å². The topological polar surface area (TPSA) is 114 Å². The minimum Gasteiger partial charge on any atom is -0.395 e. The third kappa shape index (κ3) is 2.97. The summed E-state index contributed by atoms with van der Waals surface area (Å²) < 4.78 is 4.51. The molecule has 2 aromatic rings. The van der Waals surface area contributed by atoms with E-state index in [1.807, 2.05) is 13.8 Å². The molecule has 0 radical (unpaired) electrons. The first-order valence-corrected chi connectivity index (χ1v) is 5.90. The van der Waals surface area contributed by atoms with Gasteiger partial charge in [0.1, 0.15) is 11.2 Å². The molecule has 0 fully saturated rings. The highest BCUT2D eigenvalue weighted by atomic mass is 16.6. The SMILES string of the molecule is CC.Cc1cc(NCCO)c([N+](=O)[O-])c2nonc12. The minimum atomic E-state index is -0.550. The molecule has 1 aromatic heterocycles. The van der Waals surface area contributed by atoms with E-state index in [1.54, 1.807) is 13.0 Å². The molecule has 0 atom stereocenters. The maximum absolute atomic E-state index is 11.0. The highest BCUT2D eigenvalue weighted by molar-refractivity contribution is 5.92. The van der Waals surface area contributed by atoms with E-state index in [0.717, 1.165) is 0 Å². The summed E-state index contributed by atoms with van der Waals surface area (Å²) in [6.07, 6.45) is 0. The van der Waals surface area contributed by atoms with Crippen molar-refractivity contribution in [2.75, 3.05) is 18.5 Å². The van der Waals surface area contributed by atoms with E-state index in [9.17, 15) is 10.1 Å². The first-order valence-electron chi connectivity index (χ1n) is 5.90. The Bertz CT molecular complexity index is 567. The fourth-order valence-corrected chi connectivity index (χ4v) is 1.59. The number of aliphatic hydroxyl groups excluding tert-OH is 1. The number of rotatable bonds is 4. The van der Waals surface area contributed by atoms with Gasteiger partial charge >= 0.3 is 5.69 Å². The van der Waals surface area contributed by atoms with Gasteiger partial charge in [0.05, 0.1) is 11.5 Å². The molecule has 19 heavy (non-hydrogen) atoms. The summed E-state index contributed by atoms with van der Waals surface area (Å²) in [5.41, 5.74) is 1.29. The van der Waals surface area contributed by atoms with Crippen molar-refractivity contribution in [3.63, 3.8) is 0 Å². The number of nitro groups is 1. The quantitative estimate of drug-likeness (QED) is 0.642. The maximum atomic E-state index is 11.0. The van der Waals surface area contributed by atoms with Gasteiger partial charge in [0, 0.05) is 6.54 Å². The Morgan fingerprint density at radius 3 is 2.63 bits per heavy atom. The van der Waals surface area contributed by atoms with Crippen LogP contribution in [0, 0.1) is 17.0 Å². The van der Waals surface area contributed by atoms with Gasteiger partial charge in [-0.05, 0) is 28.9 Å². The highest BCUT2D eigenvalue weighted by Gasteiger charge is 2.24. The van der Waals surface area contributed by atoms with E-state index in [0.29, 0.717) is 16.8 Å². The number of hydrogen-bond acceptors (Lipinski definition) is 7. The average Bonchev–Trinajstić information content (AvgIpc) is 2.87. The molecular formula is C11H16N4O4. The molecule has 0 saturated carbocycles. The van der Waals surface area contributed by atoms with Crippen molar-refractivity contribution in [1.82, 2.24) is 10.3 Å². The monoisotopic (exact) mass is 268 g/mol. The number of fused-ring (bicyclic) bond motifs is 1. The van der Waals surface area contributed by atoms with Crippen LogP contribution in [-0.4, -0.2) is 33.5 Å². The summed E-state index contributed by atoms with van der Waals surface area (Å²) in [5, 5.41) is 29.6. The number of aryl methyl sites for hydroxylation is 1. The molecule has 8 nitrogen and oxygen atoms in total. The number of aliphatic hydroxyl groups is 1. The molecule has 0 aliphatic carbocycles. The molecule has 2 rings (SSSR count). The van der Waals surface area contributed by atoms with Gasteiger partial charge in [0.2, 0.25) is 5.52 Å². The van der Waals surface area contributed by atoms with Crippen LogP contribution < -0.4 is 5.32 Å². The van der Waals surface area contributed by atoms with Crippen LogP contribution in [0.1, 0.15) is 19.4 Å². The zero-order chi connectivity index (χ0) is 14.4. The number of nitro benzene ring substituents is 1. The predicted octanol–water partition coefficient (Wildman–Crippen LogP) is 1.87. The molecule has 0 bridgehead atoms. The average molecular weight is 268 g/mol. The van der Waals surface area contributed by atoms with Gasteiger partial charge in [-0.3, -0.25) is 10.1 Å². The lowest BCUT2D eigenvalue weighted by molar-refractivity contribution is -0.382. The summed E-state index contributed by atoms with van der Waals surface area (Å²) >= 11 is 0. The molecule has 0 aliphatic heterocycles. The molecule has 1 heterocycles.